The number of halogens is 1. The van der Waals surface area contributed by atoms with E-state index in [2.05, 4.69) is 23.8 Å². The van der Waals surface area contributed by atoms with Gasteiger partial charge in [0.2, 0.25) is 0 Å². The largest absolute Gasteiger partial charge is 0.398 e. The smallest absolute Gasteiger partial charge is 0.129 e. The zero-order valence-corrected chi connectivity index (χ0v) is 10.5. The Bertz CT molecular complexity index is 374. The third-order valence-electron chi connectivity index (χ3n) is 3.58. The Hall–Kier alpha value is -1.13. The maximum Gasteiger partial charge on any atom is 0.129 e. The molecule has 1 aromatic rings. The van der Waals surface area contributed by atoms with Crippen LogP contribution in [0, 0.1) is 5.82 Å². The van der Waals surface area contributed by atoms with E-state index in [1.54, 1.807) is 12.1 Å². The molecule has 1 unspecified atom stereocenters. The van der Waals surface area contributed by atoms with Crippen molar-refractivity contribution < 1.29 is 4.39 Å². The zero-order valence-electron chi connectivity index (χ0n) is 10.5. The molecule has 2 rings (SSSR count). The summed E-state index contributed by atoms with van der Waals surface area (Å²) in [6, 6.07) is 5.40. The van der Waals surface area contributed by atoms with Crippen LogP contribution >= 0.6 is 0 Å². The summed E-state index contributed by atoms with van der Waals surface area (Å²) in [5.41, 5.74) is 7.00. The molecule has 17 heavy (non-hydrogen) atoms. The van der Waals surface area contributed by atoms with Crippen molar-refractivity contribution in [1.82, 2.24) is 9.80 Å². The highest BCUT2D eigenvalue weighted by atomic mass is 19.1. The number of nitrogens with zero attached hydrogens (tertiary/aromatic N) is 2. The Kier molecular flexibility index (Phi) is 3.64. The lowest BCUT2D eigenvalue weighted by molar-refractivity contribution is 0.0993. The van der Waals surface area contributed by atoms with Crippen LogP contribution in [0.5, 0.6) is 0 Å². The van der Waals surface area contributed by atoms with Crippen LogP contribution in [-0.2, 0) is 6.54 Å². The third kappa shape index (κ3) is 2.76. The lowest BCUT2D eigenvalue weighted by Crippen LogP contribution is -2.49. The van der Waals surface area contributed by atoms with Crippen molar-refractivity contribution in [3.8, 4) is 0 Å². The first-order valence-electron chi connectivity index (χ1n) is 6.03. The summed E-state index contributed by atoms with van der Waals surface area (Å²) in [4.78, 5) is 4.58. The van der Waals surface area contributed by atoms with Crippen molar-refractivity contribution in [2.45, 2.75) is 19.5 Å². The Morgan fingerprint density at radius 1 is 1.41 bits per heavy atom. The van der Waals surface area contributed by atoms with Crippen LogP contribution in [0.2, 0.25) is 0 Å². The van der Waals surface area contributed by atoms with Gasteiger partial charge in [-0.1, -0.05) is 6.07 Å². The maximum atomic E-state index is 13.7. The molecule has 94 valence electrons. The number of nitrogen functional groups attached to an aromatic ring is 1. The molecule has 2 N–H and O–H groups in total. The van der Waals surface area contributed by atoms with Crippen molar-refractivity contribution in [2.75, 3.05) is 32.4 Å². The molecule has 0 radical (unpaired) electrons. The fraction of sp³-hybridized carbons (Fsp3) is 0.538. The van der Waals surface area contributed by atoms with Crippen LogP contribution < -0.4 is 5.73 Å². The fourth-order valence-corrected chi connectivity index (χ4v) is 2.23. The van der Waals surface area contributed by atoms with Gasteiger partial charge in [0.15, 0.2) is 0 Å². The van der Waals surface area contributed by atoms with Gasteiger partial charge in [-0.05, 0) is 26.1 Å². The highest BCUT2D eigenvalue weighted by Crippen LogP contribution is 2.19. The third-order valence-corrected chi connectivity index (χ3v) is 3.58. The van der Waals surface area contributed by atoms with Gasteiger partial charge in [-0.15, -0.1) is 0 Å². The van der Waals surface area contributed by atoms with Crippen LogP contribution in [0.3, 0.4) is 0 Å². The molecule has 1 saturated heterocycles. The van der Waals surface area contributed by atoms with E-state index >= 15 is 0 Å². The average Bonchev–Trinajstić information content (AvgIpc) is 2.28. The molecule has 1 aliphatic heterocycles. The predicted octanol–water partition coefficient (Wildman–Crippen LogP) is 1.54. The maximum absolute atomic E-state index is 13.7. The number of hydrogen-bond acceptors (Lipinski definition) is 3. The zero-order chi connectivity index (χ0) is 12.4. The number of anilines is 1. The van der Waals surface area contributed by atoms with Crippen molar-refractivity contribution in [3.63, 3.8) is 0 Å². The van der Waals surface area contributed by atoms with Crippen molar-refractivity contribution >= 4 is 5.69 Å². The monoisotopic (exact) mass is 237 g/mol. The summed E-state index contributed by atoms with van der Waals surface area (Å²) in [5.74, 6) is -0.198. The number of rotatable bonds is 2. The first-order chi connectivity index (χ1) is 8.08. The molecule has 0 aromatic heterocycles. The quantitative estimate of drug-likeness (QED) is 0.792. The summed E-state index contributed by atoms with van der Waals surface area (Å²) in [5, 5.41) is 0. The molecule has 1 aromatic carbocycles. The highest BCUT2D eigenvalue weighted by Gasteiger charge is 2.21. The number of hydrogen-bond donors (Lipinski definition) is 1. The number of likely N-dealkylation sites (N-methyl/N-ethyl adjacent to an activating group) is 1. The topological polar surface area (TPSA) is 32.5 Å². The summed E-state index contributed by atoms with van der Waals surface area (Å²) < 4.78 is 13.7. The molecule has 4 heteroatoms. The molecule has 0 spiro atoms. The number of benzene rings is 1. The number of nitrogens with two attached hydrogens (primary N) is 1. The standard InChI is InChI=1S/C13H20FN3/c1-10-8-17(7-6-16(10)2)9-11-12(14)4-3-5-13(11)15/h3-5,10H,6-9,15H2,1-2H3. The van der Waals surface area contributed by atoms with Gasteiger partial charge in [0.05, 0.1) is 0 Å². The second-order valence-electron chi connectivity index (χ2n) is 4.87. The van der Waals surface area contributed by atoms with E-state index < -0.39 is 0 Å². The molecular formula is C13H20FN3. The molecule has 1 heterocycles. The average molecular weight is 237 g/mol. The van der Waals surface area contributed by atoms with Crippen LogP contribution in [-0.4, -0.2) is 42.5 Å². The van der Waals surface area contributed by atoms with Gasteiger partial charge in [-0.3, -0.25) is 4.90 Å². The van der Waals surface area contributed by atoms with E-state index in [0.29, 0.717) is 23.8 Å². The van der Waals surface area contributed by atoms with Gasteiger partial charge in [0.1, 0.15) is 5.82 Å². The molecule has 1 atom stereocenters. The molecule has 0 saturated carbocycles. The van der Waals surface area contributed by atoms with Gasteiger partial charge in [-0.25, -0.2) is 4.39 Å². The minimum atomic E-state index is -0.198. The van der Waals surface area contributed by atoms with Crippen LogP contribution in [0.25, 0.3) is 0 Å². The Morgan fingerprint density at radius 2 is 2.18 bits per heavy atom. The molecule has 1 aliphatic rings. The van der Waals surface area contributed by atoms with E-state index in [0.717, 1.165) is 19.6 Å². The summed E-state index contributed by atoms with van der Waals surface area (Å²) in [6.45, 7) is 5.75. The fourth-order valence-electron chi connectivity index (χ4n) is 2.23. The molecule has 0 bridgehead atoms. The molecule has 0 amide bonds. The van der Waals surface area contributed by atoms with Gasteiger partial charge in [-0.2, -0.15) is 0 Å². The van der Waals surface area contributed by atoms with Crippen LogP contribution in [0.15, 0.2) is 18.2 Å². The van der Waals surface area contributed by atoms with Gasteiger partial charge >= 0.3 is 0 Å². The SMILES string of the molecule is CC1CN(Cc2c(N)cccc2F)CCN1C. The minimum absolute atomic E-state index is 0.198. The Morgan fingerprint density at radius 3 is 2.82 bits per heavy atom. The van der Waals surface area contributed by atoms with E-state index in [1.807, 2.05) is 0 Å². The van der Waals surface area contributed by atoms with Gasteiger partial charge in [0.25, 0.3) is 0 Å². The highest BCUT2D eigenvalue weighted by molar-refractivity contribution is 5.47. The summed E-state index contributed by atoms with van der Waals surface area (Å²) >= 11 is 0. The molecule has 1 fully saturated rings. The Balaban J connectivity index is 2.06. The first-order valence-corrected chi connectivity index (χ1v) is 6.03. The second kappa shape index (κ2) is 5.02. The van der Waals surface area contributed by atoms with Crippen molar-refractivity contribution in [2.24, 2.45) is 0 Å². The van der Waals surface area contributed by atoms with E-state index in [-0.39, 0.29) is 5.82 Å². The van der Waals surface area contributed by atoms with E-state index in [1.165, 1.54) is 6.07 Å². The number of piperazine rings is 1. The molecule has 0 aliphatic carbocycles. The predicted molar refractivity (Wildman–Crippen MR) is 68.2 cm³/mol. The minimum Gasteiger partial charge on any atom is -0.398 e. The van der Waals surface area contributed by atoms with Crippen molar-refractivity contribution in [1.29, 1.82) is 0 Å². The molecule has 3 nitrogen and oxygen atoms in total. The normalized spacial score (nSPS) is 22.9. The first kappa shape index (κ1) is 12.3. The Labute approximate surface area is 102 Å². The molecular weight excluding hydrogens is 217 g/mol. The van der Waals surface area contributed by atoms with E-state index in [4.69, 9.17) is 5.73 Å². The van der Waals surface area contributed by atoms with E-state index in [9.17, 15) is 4.39 Å². The van der Waals surface area contributed by atoms with Crippen LogP contribution in [0.4, 0.5) is 10.1 Å². The van der Waals surface area contributed by atoms with Crippen molar-refractivity contribution in [3.05, 3.63) is 29.6 Å². The lowest BCUT2D eigenvalue weighted by atomic mass is 10.1. The second-order valence-corrected chi connectivity index (χ2v) is 4.87. The summed E-state index contributed by atoms with van der Waals surface area (Å²) in [6.07, 6.45) is 0. The van der Waals surface area contributed by atoms with Gasteiger partial charge < -0.3 is 10.6 Å². The van der Waals surface area contributed by atoms with Gasteiger partial charge in [0, 0.05) is 43.5 Å². The van der Waals surface area contributed by atoms with Crippen LogP contribution in [0.1, 0.15) is 12.5 Å². The lowest BCUT2D eigenvalue weighted by Gasteiger charge is -2.37. The summed E-state index contributed by atoms with van der Waals surface area (Å²) in [7, 11) is 2.12.